The fourth-order valence-electron chi connectivity index (χ4n) is 3.62. The third-order valence-electron chi connectivity index (χ3n) is 5.21. The van der Waals surface area contributed by atoms with Gasteiger partial charge < -0.3 is 29.2 Å². The Labute approximate surface area is 209 Å². The fourth-order valence-corrected chi connectivity index (χ4v) is 3.62. The molecule has 1 unspecified atom stereocenters. The summed E-state index contributed by atoms with van der Waals surface area (Å²) < 4.78 is 16.0. The molecule has 9 heteroatoms. The van der Waals surface area contributed by atoms with Gasteiger partial charge in [-0.3, -0.25) is 0 Å². The maximum absolute atomic E-state index is 13.0. The molecule has 0 aliphatic heterocycles. The molecule has 36 heavy (non-hydrogen) atoms. The van der Waals surface area contributed by atoms with Crippen LogP contribution >= 0.6 is 0 Å². The van der Waals surface area contributed by atoms with E-state index >= 15 is 0 Å². The van der Waals surface area contributed by atoms with Crippen LogP contribution in [0, 0.1) is 5.92 Å². The Balaban J connectivity index is 1.87. The summed E-state index contributed by atoms with van der Waals surface area (Å²) in [6.45, 7) is 8.99. The number of nitrogens with one attached hydrogen (secondary N) is 1. The third kappa shape index (κ3) is 6.78. The minimum Gasteiger partial charge on any atom is -0.504 e. The van der Waals surface area contributed by atoms with Crippen LogP contribution in [0.3, 0.4) is 0 Å². The minimum atomic E-state index is -0.983. The largest absolute Gasteiger partial charge is 0.504 e. The molecule has 1 aromatic heterocycles. The highest BCUT2D eigenvalue weighted by Crippen LogP contribution is 2.35. The lowest BCUT2D eigenvalue weighted by molar-refractivity contribution is -0.137. The van der Waals surface area contributed by atoms with Gasteiger partial charge in [-0.25, -0.2) is 14.4 Å². The van der Waals surface area contributed by atoms with E-state index in [9.17, 15) is 19.5 Å². The van der Waals surface area contributed by atoms with Crippen molar-refractivity contribution in [2.45, 2.75) is 52.7 Å². The molecule has 0 saturated carbocycles. The summed E-state index contributed by atoms with van der Waals surface area (Å²) in [6, 6.07) is 12.0. The van der Waals surface area contributed by atoms with Gasteiger partial charge in [-0.2, -0.15) is 0 Å². The van der Waals surface area contributed by atoms with E-state index < -0.39 is 29.3 Å². The van der Waals surface area contributed by atoms with Crippen molar-refractivity contribution in [1.82, 2.24) is 5.32 Å². The van der Waals surface area contributed by atoms with E-state index in [1.807, 2.05) is 26.0 Å². The van der Waals surface area contributed by atoms with Crippen LogP contribution in [0.15, 0.2) is 57.7 Å². The first-order valence-corrected chi connectivity index (χ1v) is 11.6. The number of esters is 1. The molecule has 0 spiro atoms. The number of benzene rings is 2. The van der Waals surface area contributed by atoms with Crippen molar-refractivity contribution in [2.24, 2.45) is 5.92 Å². The zero-order valence-corrected chi connectivity index (χ0v) is 21.3. The summed E-state index contributed by atoms with van der Waals surface area (Å²) in [5.74, 6) is -1.01. The molecule has 2 aromatic carbocycles. The number of alkyl carbamates (subject to hydrolysis) is 1. The van der Waals surface area contributed by atoms with Gasteiger partial charge in [0.1, 0.15) is 17.2 Å². The molecule has 1 heterocycles. The smallest absolute Gasteiger partial charge is 0.408 e. The molecule has 9 nitrogen and oxygen atoms in total. The summed E-state index contributed by atoms with van der Waals surface area (Å²) in [5, 5.41) is 13.7. The number of phenolic OH excluding ortho intramolecular Hbond substituents is 1. The number of nitrogens with zero attached hydrogens (tertiary/aromatic N) is 1. The molecule has 3 rings (SSSR count). The highest BCUT2D eigenvalue weighted by molar-refractivity contribution is 5.92. The molecule has 1 amide bonds. The molecule has 0 aliphatic carbocycles. The maximum Gasteiger partial charge on any atom is 0.408 e. The van der Waals surface area contributed by atoms with Crippen LogP contribution in [0.4, 0.5) is 16.2 Å². The summed E-state index contributed by atoms with van der Waals surface area (Å²) in [4.78, 5) is 39.1. The predicted octanol–water partition coefficient (Wildman–Crippen LogP) is 5.11. The van der Waals surface area contributed by atoms with Crippen LogP contribution in [0.1, 0.15) is 41.0 Å². The second kappa shape index (κ2) is 10.7. The molecular formula is C27H32N2O7. The first kappa shape index (κ1) is 26.6. The maximum atomic E-state index is 13.0. The van der Waals surface area contributed by atoms with Crippen molar-refractivity contribution < 1.29 is 28.6 Å². The highest BCUT2D eigenvalue weighted by Gasteiger charge is 2.27. The van der Waals surface area contributed by atoms with E-state index in [0.29, 0.717) is 28.8 Å². The van der Waals surface area contributed by atoms with E-state index in [4.69, 9.17) is 13.9 Å². The van der Waals surface area contributed by atoms with Gasteiger partial charge in [0.2, 0.25) is 0 Å². The van der Waals surface area contributed by atoms with Gasteiger partial charge in [-0.1, -0.05) is 26.0 Å². The molecule has 3 aromatic rings. The quantitative estimate of drug-likeness (QED) is 0.263. The van der Waals surface area contributed by atoms with Crippen molar-refractivity contribution in [2.75, 3.05) is 11.9 Å². The fraction of sp³-hybridized carbons (Fsp3) is 0.370. The van der Waals surface area contributed by atoms with E-state index in [2.05, 4.69) is 5.32 Å². The zero-order chi connectivity index (χ0) is 26.6. The lowest BCUT2D eigenvalue weighted by Gasteiger charge is -2.24. The lowest BCUT2D eigenvalue weighted by Crippen LogP contribution is -2.45. The first-order valence-electron chi connectivity index (χ1n) is 11.6. The number of para-hydroxylation sites is 1. The van der Waals surface area contributed by atoms with Gasteiger partial charge in [0.05, 0.1) is 5.69 Å². The van der Waals surface area contributed by atoms with Crippen molar-refractivity contribution in [1.29, 1.82) is 0 Å². The number of carbonyl (C=O) groups excluding carboxylic acids is 2. The minimum absolute atomic E-state index is 0.0709. The Bertz CT molecular complexity index is 1310. The second-order valence-electron chi connectivity index (χ2n) is 9.91. The Morgan fingerprint density at radius 2 is 1.81 bits per heavy atom. The molecule has 192 valence electrons. The van der Waals surface area contributed by atoms with Crippen LogP contribution in [0.2, 0.25) is 0 Å². The number of carbonyl (C=O) groups is 2. The zero-order valence-electron chi connectivity index (χ0n) is 21.3. The number of amides is 1. The molecule has 0 saturated heterocycles. The first-order chi connectivity index (χ1) is 16.8. The molecule has 0 aliphatic rings. The van der Waals surface area contributed by atoms with Crippen LogP contribution in [0.5, 0.6) is 11.5 Å². The van der Waals surface area contributed by atoms with Crippen LogP contribution in [0.25, 0.3) is 11.0 Å². The van der Waals surface area contributed by atoms with E-state index in [0.717, 1.165) is 0 Å². The number of rotatable bonds is 7. The van der Waals surface area contributed by atoms with Gasteiger partial charge in [-0.15, -0.1) is 0 Å². The van der Waals surface area contributed by atoms with Crippen molar-refractivity contribution in [3.05, 3.63) is 59.0 Å². The van der Waals surface area contributed by atoms with Crippen molar-refractivity contribution in [3.8, 4) is 11.5 Å². The van der Waals surface area contributed by atoms with Crippen molar-refractivity contribution in [3.63, 3.8) is 0 Å². The third-order valence-corrected chi connectivity index (χ3v) is 5.21. The SMILES string of the molecule is CC(C)CC(NC(=O)OC(C)(C)C)C(=O)Oc1cc(N(C)c2cc(=O)oc3ccccc23)ccc1O. The number of aromatic hydroxyl groups is 1. The summed E-state index contributed by atoms with van der Waals surface area (Å²) in [5.41, 5.74) is 0.320. The Morgan fingerprint density at radius 1 is 1.11 bits per heavy atom. The van der Waals surface area contributed by atoms with Crippen molar-refractivity contribution >= 4 is 34.4 Å². The van der Waals surface area contributed by atoms with E-state index in [-0.39, 0.29) is 17.4 Å². The van der Waals surface area contributed by atoms with Crippen LogP contribution in [-0.2, 0) is 9.53 Å². The number of ether oxygens (including phenoxy) is 2. The van der Waals surface area contributed by atoms with Crippen LogP contribution in [-0.4, -0.2) is 35.9 Å². The van der Waals surface area contributed by atoms with Gasteiger partial charge in [-0.05, 0) is 57.4 Å². The average Bonchev–Trinajstić information content (AvgIpc) is 2.77. The number of hydrogen-bond donors (Lipinski definition) is 2. The monoisotopic (exact) mass is 496 g/mol. The summed E-state index contributed by atoms with van der Waals surface area (Å²) >= 11 is 0. The topological polar surface area (TPSA) is 118 Å². The van der Waals surface area contributed by atoms with Crippen LogP contribution < -0.4 is 20.6 Å². The molecule has 2 N–H and O–H groups in total. The number of anilines is 2. The van der Waals surface area contributed by atoms with Gasteiger partial charge in [0, 0.05) is 30.3 Å². The summed E-state index contributed by atoms with van der Waals surface area (Å²) in [7, 11) is 1.74. The normalized spacial score (nSPS) is 12.3. The van der Waals surface area contributed by atoms with Gasteiger partial charge >= 0.3 is 17.7 Å². The van der Waals surface area contributed by atoms with Gasteiger partial charge in [0.15, 0.2) is 11.5 Å². The Kier molecular flexibility index (Phi) is 7.92. The molecule has 1 atom stereocenters. The molecule has 0 bridgehead atoms. The molecular weight excluding hydrogens is 464 g/mol. The van der Waals surface area contributed by atoms with E-state index in [1.165, 1.54) is 18.2 Å². The Morgan fingerprint density at radius 3 is 2.47 bits per heavy atom. The average molecular weight is 497 g/mol. The highest BCUT2D eigenvalue weighted by atomic mass is 16.6. The standard InChI is InChI=1S/C27H32N2O7/c1-16(2)13-19(28-26(33)36-27(3,4)5)25(32)35-23-14-17(11-12-21(23)30)29(6)20-15-24(31)34-22-10-8-7-9-18(20)22/h7-12,14-16,19,30H,13H2,1-6H3,(H,28,33). The number of hydrogen-bond acceptors (Lipinski definition) is 8. The second-order valence-corrected chi connectivity index (χ2v) is 9.91. The van der Waals surface area contributed by atoms with E-state index in [1.54, 1.807) is 50.9 Å². The Hall–Kier alpha value is -4.01. The molecule has 0 radical (unpaired) electrons. The lowest BCUT2D eigenvalue weighted by atomic mass is 10.0. The predicted molar refractivity (Wildman–Crippen MR) is 137 cm³/mol. The van der Waals surface area contributed by atoms with Gasteiger partial charge in [0.25, 0.3) is 0 Å². The number of phenols is 1. The summed E-state index contributed by atoms with van der Waals surface area (Å²) in [6.07, 6.45) is -0.429. The molecule has 0 fully saturated rings. The number of fused-ring (bicyclic) bond motifs is 1.